The van der Waals surface area contributed by atoms with E-state index in [1.807, 2.05) is 0 Å². The van der Waals surface area contributed by atoms with Gasteiger partial charge in [0.05, 0.1) is 18.2 Å². The van der Waals surface area contributed by atoms with Gasteiger partial charge >= 0.3 is 0 Å². The molecule has 1 aliphatic heterocycles. The summed E-state index contributed by atoms with van der Waals surface area (Å²) >= 11 is 0. The minimum atomic E-state index is -2.63. The van der Waals surface area contributed by atoms with Crippen molar-refractivity contribution in [2.24, 2.45) is 17.6 Å². The van der Waals surface area contributed by atoms with Gasteiger partial charge in [-0.2, -0.15) is 0 Å². The second-order valence-electron chi connectivity index (χ2n) is 10.1. The molecule has 1 aromatic carbocycles. The molecule has 0 bridgehead atoms. The Morgan fingerprint density at radius 2 is 1.89 bits per heavy atom. The summed E-state index contributed by atoms with van der Waals surface area (Å²) in [4.78, 5) is 40.5. The smallest absolute Gasteiger partial charge is 0.255 e. The summed E-state index contributed by atoms with van der Waals surface area (Å²) in [5.74, 6) is -6.40. The van der Waals surface area contributed by atoms with E-state index in [9.17, 15) is 34.8 Å². The van der Waals surface area contributed by atoms with E-state index in [0.717, 1.165) is 12.0 Å². The van der Waals surface area contributed by atoms with E-state index < -0.39 is 58.0 Å². The van der Waals surface area contributed by atoms with Crippen molar-refractivity contribution in [3.05, 3.63) is 51.5 Å². The summed E-state index contributed by atoms with van der Waals surface area (Å²) in [7, 11) is 3.20. The fraction of sp³-hybridized carbons (Fsp3) is 0.480. The second kappa shape index (κ2) is 7.91. The van der Waals surface area contributed by atoms with E-state index in [0.29, 0.717) is 18.8 Å². The number of hydrogen-bond acceptors (Lipinski definition) is 9. The lowest BCUT2D eigenvalue weighted by Crippen LogP contribution is -2.63. The van der Waals surface area contributed by atoms with Crippen LogP contribution in [-0.2, 0) is 20.7 Å². The van der Waals surface area contributed by atoms with Crippen molar-refractivity contribution >= 4 is 17.5 Å². The highest BCUT2D eigenvalue weighted by Gasteiger charge is 2.63. The van der Waals surface area contributed by atoms with Crippen molar-refractivity contribution in [1.29, 1.82) is 0 Å². The Bertz CT molecular complexity index is 1230. The number of amides is 1. The highest BCUT2D eigenvalue weighted by atomic mass is 16.5. The van der Waals surface area contributed by atoms with Gasteiger partial charge in [0.2, 0.25) is 5.78 Å². The number of allylic oxidation sites excluding steroid dienone is 1. The Kier molecular flexibility index (Phi) is 5.31. The number of nitrogens with two attached hydrogens (primary N) is 1. The van der Waals surface area contributed by atoms with Crippen LogP contribution in [0.4, 0.5) is 0 Å². The number of hydrogen-bond donors (Lipinski definition) is 5. The highest BCUT2D eigenvalue weighted by Crippen LogP contribution is 2.53. The maximum absolute atomic E-state index is 13.7. The van der Waals surface area contributed by atoms with Crippen LogP contribution in [0.2, 0.25) is 0 Å². The van der Waals surface area contributed by atoms with Gasteiger partial charge in [0.15, 0.2) is 11.4 Å². The molecule has 1 fully saturated rings. The van der Waals surface area contributed by atoms with Gasteiger partial charge in [-0.3, -0.25) is 19.3 Å². The standard InChI is InChI=1S/C25H28N2O8/c1-27(2)19-14-8-11-7-13-12(10-5-6-35-9-10)3-4-15(28)17(13)20(29)16(11)22(31)25(14,34)23(32)18(21(19)30)24(26)33/h3-4,10-11,14,19,28,30-31,34H,5-9H2,1-2H3,(H2,26,33). The zero-order valence-corrected chi connectivity index (χ0v) is 19.4. The van der Waals surface area contributed by atoms with Crippen molar-refractivity contribution < 1.29 is 39.5 Å². The third-order valence-corrected chi connectivity index (χ3v) is 8.01. The molecule has 6 N–H and O–H groups in total. The molecular weight excluding hydrogens is 456 g/mol. The number of likely N-dealkylation sites (N-methyl/N-ethyl adjacent to an activating group) is 1. The zero-order valence-electron chi connectivity index (χ0n) is 19.4. The predicted molar refractivity (Wildman–Crippen MR) is 122 cm³/mol. The molecule has 0 radical (unpaired) electrons. The molecule has 5 atom stereocenters. The van der Waals surface area contributed by atoms with E-state index in [4.69, 9.17) is 10.5 Å². The van der Waals surface area contributed by atoms with E-state index in [1.54, 1.807) is 20.2 Å². The summed E-state index contributed by atoms with van der Waals surface area (Å²) < 4.78 is 5.52. The van der Waals surface area contributed by atoms with Gasteiger partial charge in [0.1, 0.15) is 22.8 Å². The van der Waals surface area contributed by atoms with Gasteiger partial charge in [-0.25, -0.2) is 0 Å². The number of carbonyl (C=O) groups is 3. The summed E-state index contributed by atoms with van der Waals surface area (Å²) in [6.07, 6.45) is 1.13. The molecule has 0 spiro atoms. The molecule has 4 aliphatic rings. The fourth-order valence-electron chi connectivity index (χ4n) is 6.44. The van der Waals surface area contributed by atoms with Crippen molar-refractivity contribution in [1.82, 2.24) is 4.90 Å². The van der Waals surface area contributed by atoms with Crippen molar-refractivity contribution in [2.75, 3.05) is 27.3 Å². The van der Waals surface area contributed by atoms with Crippen LogP contribution >= 0.6 is 0 Å². The molecule has 10 nitrogen and oxygen atoms in total. The number of ether oxygens (including phenoxy) is 1. The van der Waals surface area contributed by atoms with E-state index in [1.165, 1.54) is 11.0 Å². The van der Waals surface area contributed by atoms with E-state index in [-0.39, 0.29) is 35.6 Å². The van der Waals surface area contributed by atoms with E-state index >= 15 is 0 Å². The number of ketones is 2. The number of benzene rings is 1. The molecule has 186 valence electrons. The number of Topliss-reactive ketones (excluding diaryl/α,β-unsaturated/α-hetero) is 2. The number of primary amides is 1. The fourth-order valence-corrected chi connectivity index (χ4v) is 6.44. The second-order valence-corrected chi connectivity index (χ2v) is 10.1. The molecule has 5 rings (SSSR count). The first kappa shape index (κ1) is 23.5. The lowest BCUT2D eigenvalue weighted by molar-refractivity contribution is -0.148. The first-order chi connectivity index (χ1) is 16.5. The Balaban J connectivity index is 1.70. The number of aromatic hydroxyl groups is 1. The molecule has 1 saturated heterocycles. The summed E-state index contributed by atoms with van der Waals surface area (Å²) in [5, 5.41) is 44.3. The SMILES string of the molecule is CN(C)C1C(O)=C(C(N)=O)C(=O)C2(O)C(O)=C3C(=O)c4c(O)ccc(C5CCOC5)c4CC3CC12. The summed E-state index contributed by atoms with van der Waals surface area (Å²) in [6, 6.07) is 2.21. The van der Waals surface area contributed by atoms with Crippen molar-refractivity contribution in [3.63, 3.8) is 0 Å². The Labute approximate surface area is 201 Å². The molecular formula is C25H28N2O8. The molecule has 1 heterocycles. The molecule has 0 saturated carbocycles. The molecule has 0 aromatic heterocycles. The number of fused-ring (bicyclic) bond motifs is 3. The van der Waals surface area contributed by atoms with Crippen LogP contribution < -0.4 is 5.73 Å². The van der Waals surface area contributed by atoms with Crippen LogP contribution in [0.5, 0.6) is 5.75 Å². The first-order valence-electron chi connectivity index (χ1n) is 11.6. The van der Waals surface area contributed by atoms with E-state index in [2.05, 4.69) is 0 Å². The molecule has 5 unspecified atom stereocenters. The van der Waals surface area contributed by atoms with Crippen LogP contribution in [0.25, 0.3) is 0 Å². The van der Waals surface area contributed by atoms with Crippen LogP contribution in [-0.4, -0.2) is 81.8 Å². The number of aliphatic hydroxyl groups is 3. The Morgan fingerprint density at radius 1 is 1.17 bits per heavy atom. The molecule has 1 amide bonds. The Hall–Kier alpha value is -3.21. The minimum Gasteiger partial charge on any atom is -0.510 e. The molecule has 10 heteroatoms. The van der Waals surface area contributed by atoms with Crippen LogP contribution in [0.3, 0.4) is 0 Å². The lowest BCUT2D eigenvalue weighted by Gasteiger charge is -2.50. The number of aliphatic hydroxyl groups excluding tert-OH is 2. The first-order valence-corrected chi connectivity index (χ1v) is 11.6. The van der Waals surface area contributed by atoms with Crippen LogP contribution in [0, 0.1) is 11.8 Å². The monoisotopic (exact) mass is 484 g/mol. The average Bonchev–Trinajstić information content (AvgIpc) is 3.30. The van der Waals surface area contributed by atoms with Gasteiger partial charge < -0.3 is 30.9 Å². The van der Waals surface area contributed by atoms with Crippen LogP contribution in [0.1, 0.15) is 40.2 Å². The quantitative estimate of drug-likeness (QED) is 0.386. The molecule has 1 aromatic rings. The summed E-state index contributed by atoms with van der Waals surface area (Å²) in [6.45, 7) is 1.09. The minimum absolute atomic E-state index is 0.0372. The van der Waals surface area contributed by atoms with Gasteiger partial charge in [0.25, 0.3) is 5.91 Å². The average molecular weight is 485 g/mol. The third-order valence-electron chi connectivity index (χ3n) is 8.01. The third kappa shape index (κ3) is 3.10. The normalized spacial score (nSPS) is 32.6. The molecule has 3 aliphatic carbocycles. The topological polar surface area (TPSA) is 171 Å². The lowest BCUT2D eigenvalue weighted by atomic mass is 9.58. The largest absolute Gasteiger partial charge is 0.510 e. The number of phenolic OH excluding ortho intramolecular Hbond substituents is 1. The van der Waals surface area contributed by atoms with Gasteiger partial charge in [-0.1, -0.05) is 6.07 Å². The number of rotatable bonds is 3. The van der Waals surface area contributed by atoms with Gasteiger partial charge in [-0.05, 0) is 56.5 Å². The zero-order chi connectivity index (χ0) is 25.4. The number of carbonyl (C=O) groups excluding carboxylic acids is 3. The predicted octanol–water partition coefficient (Wildman–Crippen LogP) is 0.625. The van der Waals surface area contributed by atoms with Crippen molar-refractivity contribution in [3.8, 4) is 5.75 Å². The highest BCUT2D eigenvalue weighted by molar-refractivity contribution is 6.24. The van der Waals surface area contributed by atoms with Crippen molar-refractivity contribution in [2.45, 2.75) is 36.8 Å². The maximum Gasteiger partial charge on any atom is 0.255 e. The Morgan fingerprint density at radius 3 is 2.49 bits per heavy atom. The molecule has 35 heavy (non-hydrogen) atoms. The maximum atomic E-state index is 13.7. The summed E-state index contributed by atoms with van der Waals surface area (Å²) in [5.41, 5.74) is 3.34. The van der Waals surface area contributed by atoms with Gasteiger partial charge in [0, 0.05) is 24.0 Å². The number of nitrogens with zero attached hydrogens (tertiary/aromatic N) is 1. The van der Waals surface area contributed by atoms with Gasteiger partial charge in [-0.15, -0.1) is 0 Å². The van der Waals surface area contributed by atoms with Crippen LogP contribution in [0.15, 0.2) is 34.8 Å². The number of phenols is 1.